The number of hydrogen-bond acceptors (Lipinski definition) is 24. The van der Waals surface area contributed by atoms with Crippen LogP contribution in [0.2, 0.25) is 0 Å². The third kappa shape index (κ3) is 43.5. The summed E-state index contributed by atoms with van der Waals surface area (Å²) in [6, 6.07) is 23.5. The van der Waals surface area contributed by atoms with Gasteiger partial charge >= 0.3 is 23.9 Å². The molecule has 0 bridgehead atoms. The van der Waals surface area contributed by atoms with E-state index in [0.29, 0.717) is 162 Å². The number of carbonyl (C=O) groups is 4. The normalized spacial score (nSPS) is 27.3. The fourth-order valence-corrected chi connectivity index (χ4v) is 16.8. The van der Waals surface area contributed by atoms with Crippen molar-refractivity contribution in [1.29, 1.82) is 5.26 Å². The molecule has 2 N–H and O–H groups in total. The van der Waals surface area contributed by atoms with Crippen molar-refractivity contribution < 1.29 is 100 Å². The molecule has 5 aliphatic rings. The molecule has 24 nitrogen and oxygen atoms in total. The zero-order valence-corrected chi connectivity index (χ0v) is 77.1. The second-order valence-corrected chi connectivity index (χ2v) is 35.2. The Bertz CT molecular complexity index is 2980. The molecule has 9 unspecified atom stereocenters. The largest absolute Gasteiger partial charge is 0.476 e. The number of hydrogen-bond donors (Lipinski definition) is 2. The van der Waals surface area contributed by atoms with Crippen LogP contribution in [0.1, 0.15) is 265 Å². The van der Waals surface area contributed by atoms with Crippen molar-refractivity contribution in [2.75, 3.05) is 85.9 Å². The number of ether oxygens (including phenoxy) is 13. The van der Waals surface area contributed by atoms with Crippen LogP contribution in [0.15, 0.2) is 65.7 Å². The van der Waals surface area contributed by atoms with Crippen LogP contribution in [0.25, 0.3) is 0 Å². The SMILES string of the molecule is CC(=O)OCC1C[C@@H]2OC(C)=NC2[C@@H](C)[C@H]1C.CC(=O)OCC1O[C@@H](OCCCCCCO)C(C)[C@@H](C)[C@H]1C.CC(=O)OCC1O[C@@H](OCCCCCCOCc2ccccc2)C(C)[C@@H](C)[C@H]1C.CC(=O)OCC1O[C@@H](OCCCCCCOP(OCCC#N)N(C(C)C)C(C)C)C(C)[C@@H](C)[C@H]1C.OCCCCCCOCc1ccccc1. The number of nitrogens with zero attached hydrogens (tertiary/aromatic N) is 3. The summed E-state index contributed by atoms with van der Waals surface area (Å²) >= 11 is 0. The number of fused-ring (bicyclic) bond motifs is 1. The Labute approximate surface area is 713 Å². The van der Waals surface area contributed by atoms with Crippen molar-refractivity contribution in [2.24, 2.45) is 76.0 Å². The molecule has 4 fully saturated rings. The molecule has 0 amide bonds. The molecule has 0 aromatic heterocycles. The van der Waals surface area contributed by atoms with Crippen LogP contribution in [-0.4, -0.2) is 192 Å². The summed E-state index contributed by atoms with van der Waals surface area (Å²) in [6.07, 6.45) is 17.0. The van der Waals surface area contributed by atoms with Crippen LogP contribution < -0.4 is 0 Å². The monoisotopic (exact) mass is 1690 g/mol. The van der Waals surface area contributed by atoms with Gasteiger partial charge in [0.25, 0.3) is 8.53 Å². The third-order valence-corrected chi connectivity index (χ3v) is 26.0. The van der Waals surface area contributed by atoms with Gasteiger partial charge in [-0.3, -0.25) is 19.2 Å². The van der Waals surface area contributed by atoms with Crippen LogP contribution in [0.5, 0.6) is 0 Å². The maximum Gasteiger partial charge on any atom is 0.302 e. The Kier molecular flexibility index (Phi) is 57.5. The lowest BCUT2D eigenvalue weighted by Gasteiger charge is -2.43. The molecule has 4 heterocycles. The lowest BCUT2D eigenvalue weighted by atomic mass is 9.70. The van der Waals surface area contributed by atoms with E-state index in [4.69, 9.17) is 86.1 Å². The molecule has 4 aliphatic heterocycles. The summed E-state index contributed by atoms with van der Waals surface area (Å²) in [7, 11) is -1.17. The summed E-state index contributed by atoms with van der Waals surface area (Å²) in [4.78, 5) is 48.7. The molecule has 3 saturated heterocycles. The first-order valence-corrected chi connectivity index (χ1v) is 45.8. The Hall–Kier alpha value is -4.81. The maximum atomic E-state index is 11.2. The Balaban J connectivity index is 0.000000394. The van der Waals surface area contributed by atoms with Crippen LogP contribution in [0.3, 0.4) is 0 Å². The number of esters is 4. The Morgan fingerprint density at radius 3 is 1.14 bits per heavy atom. The van der Waals surface area contributed by atoms with Crippen LogP contribution >= 0.6 is 8.53 Å². The molecule has 2 aromatic carbocycles. The van der Waals surface area contributed by atoms with Crippen molar-refractivity contribution >= 4 is 38.3 Å². The summed E-state index contributed by atoms with van der Waals surface area (Å²) in [6.45, 7) is 48.3. The summed E-state index contributed by atoms with van der Waals surface area (Å²) < 4.78 is 88.2. The van der Waals surface area contributed by atoms with E-state index < -0.39 is 8.53 Å². The fraction of sp³-hybridized carbons (Fsp3) is 0.806. The number of unbranched alkanes of at least 4 members (excludes halogenated alkanes) is 12. The summed E-state index contributed by atoms with van der Waals surface area (Å²) in [5.74, 6) is 4.38. The number of nitriles is 1. The van der Waals surface area contributed by atoms with Gasteiger partial charge in [-0.1, -0.05) is 188 Å². The molecule has 678 valence electrons. The maximum absolute atomic E-state index is 11.2. The van der Waals surface area contributed by atoms with E-state index in [2.05, 4.69) is 144 Å². The van der Waals surface area contributed by atoms with E-state index in [-0.39, 0.29) is 86.3 Å². The molecule has 21 atom stereocenters. The molecular weight excluding hydrogens is 1530 g/mol. The first-order valence-electron chi connectivity index (χ1n) is 44.7. The lowest BCUT2D eigenvalue weighted by Crippen LogP contribution is -2.47. The Morgan fingerprint density at radius 2 is 0.788 bits per heavy atom. The van der Waals surface area contributed by atoms with Crippen LogP contribution in [0.4, 0.5) is 0 Å². The number of aliphatic hydroxyl groups is 2. The van der Waals surface area contributed by atoms with E-state index in [1.165, 1.54) is 38.8 Å². The third-order valence-electron chi connectivity index (χ3n) is 23.9. The molecule has 2 aromatic rings. The van der Waals surface area contributed by atoms with Crippen molar-refractivity contribution in [1.82, 2.24) is 4.67 Å². The average Bonchev–Trinajstić information content (AvgIpc) is 1.56. The van der Waals surface area contributed by atoms with Gasteiger partial charge in [-0.2, -0.15) is 5.26 Å². The van der Waals surface area contributed by atoms with E-state index in [1.54, 1.807) is 0 Å². The molecule has 0 spiro atoms. The van der Waals surface area contributed by atoms with Crippen LogP contribution in [0, 0.1) is 82.3 Å². The van der Waals surface area contributed by atoms with Gasteiger partial charge in [0.15, 0.2) is 24.8 Å². The van der Waals surface area contributed by atoms with E-state index in [1.807, 2.05) is 43.3 Å². The van der Waals surface area contributed by atoms with Crippen molar-refractivity contribution in [3.05, 3.63) is 71.8 Å². The highest BCUT2D eigenvalue weighted by Crippen LogP contribution is 2.47. The predicted octanol–water partition coefficient (Wildman–Crippen LogP) is 18.6. The number of aliphatic imine (C=N–C) groups is 1. The summed E-state index contributed by atoms with van der Waals surface area (Å²) in [5.41, 5.74) is 2.45. The standard InChI is InChI=1S/C26H49N2O6P.C24H38O5.C17H32O5.C13H21NO3.C13H20O2/c1-19(2)28(20(3)4)35(33-17-13-14-27)32-16-12-10-9-11-15-30-26-23(7)21(5)22(6)25(34-26)18-31-24(8)29;1-18-19(2)23(17-28-21(4)25)29-24(20(18)3)27-15-11-6-5-10-14-26-16-22-12-8-7-9-13-22;1-12-13(2)16(11-21-15(4)19)22-17(14(12)3)20-10-8-6-5-7-9-18;1-7-8(2)13-12(17-9(3)14-13)5-11(7)6-16-10(4)15;14-10-6-1-2-7-11-15-12-13-8-4-3-5-9-13/h19-23,25-26H,9-13,15-18H2,1-8H3;7-9,12-13,18-20,23-24H,5-6,10-11,14-17H2,1-4H3;12-14,16-18H,5-11H2,1-4H3;7-8,11-13H,5-6H2,1-4H3;3-5,8-9,14H,1-2,6-7,10-12H2/t21-,22+,23?,25?,26+,35?;18-,19+,20?,23?,24+;12-,13+,14?,16?,17+;7-,8+,11?,12+,13?;/m0001./s1. The molecule has 118 heavy (non-hydrogen) atoms. The average molecular weight is 1690 g/mol. The highest BCUT2D eigenvalue weighted by molar-refractivity contribution is 7.44. The lowest BCUT2D eigenvalue weighted by molar-refractivity contribution is -0.255. The van der Waals surface area contributed by atoms with Crippen molar-refractivity contribution in [3.63, 3.8) is 0 Å². The zero-order valence-electron chi connectivity index (χ0n) is 76.2. The second-order valence-electron chi connectivity index (χ2n) is 33.8. The number of benzene rings is 2. The van der Waals surface area contributed by atoms with E-state index in [9.17, 15) is 19.2 Å². The molecular formula is C93H160N3O21P. The number of carbonyl (C=O) groups excluding carboxylic acids is 4. The number of aliphatic hydroxyl groups excluding tert-OH is 2. The van der Waals surface area contributed by atoms with Gasteiger partial charge in [0, 0.05) is 111 Å². The quantitative estimate of drug-likeness (QED) is 0.0269. The van der Waals surface area contributed by atoms with Crippen molar-refractivity contribution in [2.45, 2.75) is 329 Å². The van der Waals surface area contributed by atoms with Gasteiger partial charge in [0.1, 0.15) is 25.9 Å². The molecule has 25 heteroatoms. The highest BCUT2D eigenvalue weighted by Gasteiger charge is 2.46. The van der Waals surface area contributed by atoms with Gasteiger partial charge in [-0.25, -0.2) is 9.66 Å². The summed E-state index contributed by atoms with van der Waals surface area (Å²) in [5, 5.41) is 26.2. The highest BCUT2D eigenvalue weighted by atomic mass is 31.2. The van der Waals surface area contributed by atoms with Gasteiger partial charge in [-0.15, -0.1) is 0 Å². The molecule has 0 radical (unpaired) electrons. The Morgan fingerprint density at radius 1 is 0.449 bits per heavy atom. The molecule has 7 rings (SSSR count). The van der Waals surface area contributed by atoms with E-state index >= 15 is 0 Å². The minimum Gasteiger partial charge on any atom is -0.476 e. The van der Waals surface area contributed by atoms with E-state index in [0.717, 1.165) is 128 Å². The smallest absolute Gasteiger partial charge is 0.302 e. The molecule has 1 saturated carbocycles. The first-order chi connectivity index (χ1) is 56.5. The van der Waals surface area contributed by atoms with Gasteiger partial charge in [0.2, 0.25) is 0 Å². The van der Waals surface area contributed by atoms with Gasteiger partial charge in [-0.05, 0) is 150 Å². The second kappa shape index (κ2) is 63.2. The molecule has 1 aliphatic carbocycles. The predicted molar refractivity (Wildman–Crippen MR) is 462 cm³/mol. The minimum atomic E-state index is -1.17. The number of rotatable bonds is 48. The van der Waals surface area contributed by atoms with Gasteiger partial charge in [0.05, 0.1) is 69.9 Å². The van der Waals surface area contributed by atoms with Crippen molar-refractivity contribution in [3.8, 4) is 6.07 Å². The zero-order chi connectivity index (χ0) is 87.3. The van der Waals surface area contributed by atoms with Crippen LogP contribution in [-0.2, 0) is 103 Å². The fourth-order valence-electron chi connectivity index (χ4n) is 15.2. The topological polar surface area (TPSA) is 287 Å². The minimum absolute atomic E-state index is 0.100. The first kappa shape index (κ1) is 107. The van der Waals surface area contributed by atoms with Gasteiger partial charge < -0.3 is 80.8 Å².